The van der Waals surface area contributed by atoms with Gasteiger partial charge < -0.3 is 14.5 Å². The highest BCUT2D eigenvalue weighted by Crippen LogP contribution is 2.10. The molecule has 0 atom stereocenters. The van der Waals surface area contributed by atoms with Gasteiger partial charge in [0.25, 0.3) is 0 Å². The number of amides is 2. The first-order valence-corrected chi connectivity index (χ1v) is 4.81. The van der Waals surface area contributed by atoms with Crippen molar-refractivity contribution >= 4 is 6.03 Å². The second-order valence-electron chi connectivity index (χ2n) is 3.41. The summed E-state index contributed by atoms with van der Waals surface area (Å²) in [5.74, 6) is 0. The summed E-state index contributed by atoms with van der Waals surface area (Å²) >= 11 is 0. The fraction of sp³-hybridized carbons (Fsp3) is 0.778. The van der Waals surface area contributed by atoms with Crippen molar-refractivity contribution in [1.29, 1.82) is 0 Å². The highest BCUT2D eigenvalue weighted by Gasteiger charge is 2.24. The van der Waals surface area contributed by atoms with E-state index in [2.05, 4.69) is 6.42 Å². The zero-order valence-electron chi connectivity index (χ0n) is 7.74. The van der Waals surface area contributed by atoms with E-state index in [0.717, 1.165) is 32.6 Å². The predicted octanol–water partition coefficient (Wildman–Crippen LogP) is 0.349. The minimum absolute atomic E-state index is 0.178. The first kappa shape index (κ1) is 8.81. The molecular formula is C9H15N2O2. The molecule has 0 saturated carbocycles. The number of nitrogens with zero attached hydrogens (tertiary/aromatic N) is 2. The molecule has 2 aliphatic heterocycles. The maximum absolute atomic E-state index is 11.8. The van der Waals surface area contributed by atoms with E-state index in [1.165, 1.54) is 0 Å². The number of urea groups is 1. The molecule has 0 aromatic rings. The lowest BCUT2D eigenvalue weighted by molar-refractivity contribution is 0.0453. The smallest absolute Gasteiger partial charge is 0.320 e. The highest BCUT2D eigenvalue weighted by molar-refractivity contribution is 5.75. The Morgan fingerprint density at radius 3 is 2.54 bits per heavy atom. The molecule has 0 spiro atoms. The summed E-state index contributed by atoms with van der Waals surface area (Å²) in [5.41, 5.74) is 0. The molecule has 2 heterocycles. The summed E-state index contributed by atoms with van der Waals surface area (Å²) in [6.07, 6.45) is 3.19. The van der Waals surface area contributed by atoms with E-state index in [0.29, 0.717) is 13.2 Å². The van der Waals surface area contributed by atoms with Crippen molar-refractivity contribution in [2.45, 2.75) is 6.42 Å². The van der Waals surface area contributed by atoms with Crippen molar-refractivity contribution in [2.75, 3.05) is 39.4 Å². The zero-order chi connectivity index (χ0) is 9.10. The molecule has 0 aliphatic carbocycles. The van der Waals surface area contributed by atoms with Gasteiger partial charge in [-0.2, -0.15) is 0 Å². The van der Waals surface area contributed by atoms with E-state index in [-0.39, 0.29) is 6.03 Å². The van der Waals surface area contributed by atoms with Crippen molar-refractivity contribution in [3.8, 4) is 0 Å². The fourth-order valence-corrected chi connectivity index (χ4v) is 1.71. The average molecular weight is 183 g/mol. The summed E-state index contributed by atoms with van der Waals surface area (Å²) in [6, 6.07) is 0.178. The van der Waals surface area contributed by atoms with E-state index in [4.69, 9.17) is 4.74 Å². The normalized spacial score (nSPS) is 23.7. The molecule has 2 saturated heterocycles. The monoisotopic (exact) mass is 183 g/mol. The molecule has 0 aromatic heterocycles. The van der Waals surface area contributed by atoms with Gasteiger partial charge in [0.15, 0.2) is 0 Å². The molecule has 0 N–H and O–H groups in total. The van der Waals surface area contributed by atoms with Crippen LogP contribution in [0.2, 0.25) is 0 Å². The summed E-state index contributed by atoms with van der Waals surface area (Å²) < 4.78 is 5.19. The van der Waals surface area contributed by atoms with Gasteiger partial charge in [0, 0.05) is 26.2 Å². The molecular weight excluding hydrogens is 168 g/mol. The summed E-state index contributed by atoms with van der Waals surface area (Å²) in [5, 5.41) is 0. The first-order chi connectivity index (χ1) is 6.38. The van der Waals surface area contributed by atoms with Crippen LogP contribution in [-0.4, -0.2) is 55.2 Å². The van der Waals surface area contributed by atoms with Crippen LogP contribution in [-0.2, 0) is 4.74 Å². The molecule has 2 fully saturated rings. The number of carbonyl (C=O) groups is 1. The van der Waals surface area contributed by atoms with Crippen LogP contribution in [0.4, 0.5) is 4.79 Å². The second kappa shape index (κ2) is 3.96. The number of ether oxygens (including phenoxy) is 1. The first-order valence-electron chi connectivity index (χ1n) is 4.81. The Kier molecular flexibility index (Phi) is 2.68. The molecule has 2 amide bonds. The quantitative estimate of drug-likeness (QED) is 0.543. The van der Waals surface area contributed by atoms with Gasteiger partial charge in [-0.05, 0) is 12.8 Å². The van der Waals surface area contributed by atoms with Crippen molar-refractivity contribution in [3.05, 3.63) is 6.42 Å². The van der Waals surface area contributed by atoms with Crippen LogP contribution < -0.4 is 0 Å². The molecule has 73 valence electrons. The maximum atomic E-state index is 11.8. The van der Waals surface area contributed by atoms with Crippen LogP contribution in [0.25, 0.3) is 0 Å². The van der Waals surface area contributed by atoms with E-state index < -0.39 is 0 Å². The van der Waals surface area contributed by atoms with E-state index in [9.17, 15) is 4.79 Å². The Balaban J connectivity index is 1.87. The fourth-order valence-electron chi connectivity index (χ4n) is 1.71. The van der Waals surface area contributed by atoms with Gasteiger partial charge in [-0.1, -0.05) is 0 Å². The number of hydrogen-bond acceptors (Lipinski definition) is 2. The largest absolute Gasteiger partial charge is 0.378 e. The number of rotatable bonds is 0. The SMILES string of the molecule is O=C(N1C[CH]CC1)N1CCOCC1. The lowest BCUT2D eigenvalue weighted by Gasteiger charge is -2.30. The van der Waals surface area contributed by atoms with Crippen LogP contribution in [0.5, 0.6) is 0 Å². The lowest BCUT2D eigenvalue weighted by Crippen LogP contribution is -2.47. The third-order valence-electron chi connectivity index (χ3n) is 2.50. The van der Waals surface area contributed by atoms with Crippen LogP contribution in [0.1, 0.15) is 6.42 Å². The molecule has 4 heteroatoms. The topological polar surface area (TPSA) is 32.8 Å². The molecule has 0 aromatic carbocycles. The second-order valence-corrected chi connectivity index (χ2v) is 3.41. The summed E-state index contributed by atoms with van der Waals surface area (Å²) in [4.78, 5) is 15.5. The molecule has 2 aliphatic rings. The van der Waals surface area contributed by atoms with Gasteiger partial charge in [0.1, 0.15) is 0 Å². The summed E-state index contributed by atoms with van der Waals surface area (Å²) in [7, 11) is 0. The number of likely N-dealkylation sites (tertiary alicyclic amines) is 1. The van der Waals surface area contributed by atoms with Gasteiger partial charge >= 0.3 is 6.03 Å². The molecule has 2 rings (SSSR count). The van der Waals surface area contributed by atoms with Crippen molar-refractivity contribution in [2.24, 2.45) is 0 Å². The maximum Gasteiger partial charge on any atom is 0.320 e. The van der Waals surface area contributed by atoms with E-state index in [1.807, 2.05) is 9.80 Å². The van der Waals surface area contributed by atoms with E-state index >= 15 is 0 Å². The van der Waals surface area contributed by atoms with Crippen molar-refractivity contribution in [3.63, 3.8) is 0 Å². The number of carbonyl (C=O) groups excluding carboxylic acids is 1. The zero-order valence-corrected chi connectivity index (χ0v) is 7.74. The van der Waals surface area contributed by atoms with Gasteiger partial charge in [-0.15, -0.1) is 0 Å². The highest BCUT2D eigenvalue weighted by atomic mass is 16.5. The number of hydrogen-bond donors (Lipinski definition) is 0. The van der Waals surface area contributed by atoms with E-state index in [1.54, 1.807) is 0 Å². The Labute approximate surface area is 78.4 Å². The minimum atomic E-state index is 0.178. The Morgan fingerprint density at radius 2 is 1.92 bits per heavy atom. The molecule has 13 heavy (non-hydrogen) atoms. The Morgan fingerprint density at radius 1 is 1.15 bits per heavy atom. The lowest BCUT2D eigenvalue weighted by atomic mass is 10.4. The van der Waals surface area contributed by atoms with Crippen LogP contribution >= 0.6 is 0 Å². The van der Waals surface area contributed by atoms with Crippen LogP contribution in [0, 0.1) is 6.42 Å². The third-order valence-corrected chi connectivity index (χ3v) is 2.50. The van der Waals surface area contributed by atoms with Crippen LogP contribution in [0.15, 0.2) is 0 Å². The molecule has 1 radical (unpaired) electrons. The van der Waals surface area contributed by atoms with Gasteiger partial charge in [-0.3, -0.25) is 0 Å². The van der Waals surface area contributed by atoms with Crippen LogP contribution in [0.3, 0.4) is 0 Å². The van der Waals surface area contributed by atoms with Gasteiger partial charge in [0.2, 0.25) is 0 Å². The predicted molar refractivity (Wildman–Crippen MR) is 48.3 cm³/mol. The standard InChI is InChI=1S/C9H15N2O2/c12-9(10-3-1-2-4-10)11-5-7-13-8-6-11/h1H,2-8H2. The molecule has 0 bridgehead atoms. The molecule has 4 nitrogen and oxygen atoms in total. The van der Waals surface area contributed by atoms with Gasteiger partial charge in [0.05, 0.1) is 13.2 Å². The molecule has 0 unspecified atom stereocenters. The van der Waals surface area contributed by atoms with Crippen molar-refractivity contribution < 1.29 is 9.53 Å². The minimum Gasteiger partial charge on any atom is -0.378 e. The Hall–Kier alpha value is -0.770. The van der Waals surface area contributed by atoms with Gasteiger partial charge in [-0.25, -0.2) is 4.79 Å². The average Bonchev–Trinajstić information content (AvgIpc) is 2.71. The van der Waals surface area contributed by atoms with Crippen molar-refractivity contribution in [1.82, 2.24) is 9.80 Å². The summed E-state index contributed by atoms with van der Waals surface area (Å²) in [6.45, 7) is 4.56. The third kappa shape index (κ3) is 1.94. The Bertz CT molecular complexity index is 184. The number of morpholine rings is 1.